The van der Waals surface area contributed by atoms with Crippen LogP contribution in [0.25, 0.3) is 0 Å². The fourth-order valence-electron chi connectivity index (χ4n) is 3.75. The second-order valence-electron chi connectivity index (χ2n) is 7.17. The van der Waals surface area contributed by atoms with E-state index < -0.39 is 0 Å². The predicted octanol–water partition coefficient (Wildman–Crippen LogP) is 3.44. The van der Waals surface area contributed by atoms with Crippen LogP contribution in [0.15, 0.2) is 0 Å². The number of hydrogen-bond donors (Lipinski definition) is 1. The molecule has 1 heterocycles. The Bertz CT molecular complexity index is 323. The number of likely N-dealkylation sites (tertiary alicyclic amines) is 1. The van der Waals surface area contributed by atoms with E-state index >= 15 is 0 Å². The summed E-state index contributed by atoms with van der Waals surface area (Å²) in [4.78, 5) is 14.8. The van der Waals surface area contributed by atoms with Crippen LogP contribution in [0.5, 0.6) is 0 Å². The second kappa shape index (κ2) is 8.17. The zero-order valence-corrected chi connectivity index (χ0v) is 14.2. The SMILES string of the molecule is CCC1CC(NCC2CCC2)CN(C(=O)C(CC)CC)C1. The van der Waals surface area contributed by atoms with Gasteiger partial charge in [0, 0.05) is 25.0 Å². The summed E-state index contributed by atoms with van der Waals surface area (Å²) >= 11 is 0. The fourth-order valence-corrected chi connectivity index (χ4v) is 3.75. The van der Waals surface area contributed by atoms with Crippen LogP contribution < -0.4 is 5.32 Å². The molecule has 1 saturated carbocycles. The summed E-state index contributed by atoms with van der Waals surface area (Å²) in [5.41, 5.74) is 0. The minimum Gasteiger partial charge on any atom is -0.341 e. The third kappa shape index (κ3) is 4.45. The maximum atomic E-state index is 12.7. The van der Waals surface area contributed by atoms with Gasteiger partial charge < -0.3 is 10.2 Å². The molecule has 122 valence electrons. The largest absolute Gasteiger partial charge is 0.341 e. The monoisotopic (exact) mass is 294 g/mol. The van der Waals surface area contributed by atoms with Crippen LogP contribution in [0, 0.1) is 17.8 Å². The maximum absolute atomic E-state index is 12.7. The Balaban J connectivity index is 1.88. The van der Waals surface area contributed by atoms with Gasteiger partial charge in [-0.05, 0) is 50.5 Å². The van der Waals surface area contributed by atoms with Crippen molar-refractivity contribution < 1.29 is 4.79 Å². The highest BCUT2D eigenvalue weighted by Crippen LogP contribution is 2.27. The van der Waals surface area contributed by atoms with E-state index in [1.165, 1.54) is 32.1 Å². The molecule has 0 radical (unpaired) electrons. The molecular weight excluding hydrogens is 260 g/mol. The second-order valence-corrected chi connectivity index (χ2v) is 7.17. The average Bonchev–Trinajstić information content (AvgIpc) is 2.46. The first kappa shape index (κ1) is 16.8. The summed E-state index contributed by atoms with van der Waals surface area (Å²) in [5.74, 6) is 2.20. The Morgan fingerprint density at radius 2 is 1.86 bits per heavy atom. The highest BCUT2D eigenvalue weighted by molar-refractivity contribution is 5.78. The van der Waals surface area contributed by atoms with E-state index in [1.54, 1.807) is 0 Å². The Labute approximate surface area is 130 Å². The minimum atomic E-state index is 0.230. The van der Waals surface area contributed by atoms with Crippen LogP contribution in [-0.4, -0.2) is 36.5 Å². The molecule has 2 atom stereocenters. The van der Waals surface area contributed by atoms with Gasteiger partial charge in [-0.1, -0.05) is 33.6 Å². The van der Waals surface area contributed by atoms with Gasteiger partial charge in [0.15, 0.2) is 0 Å². The molecule has 0 aromatic rings. The van der Waals surface area contributed by atoms with E-state index in [4.69, 9.17) is 0 Å². The molecule has 1 saturated heterocycles. The van der Waals surface area contributed by atoms with Gasteiger partial charge in [0.2, 0.25) is 5.91 Å². The van der Waals surface area contributed by atoms with E-state index in [2.05, 4.69) is 31.0 Å². The topological polar surface area (TPSA) is 32.3 Å². The van der Waals surface area contributed by atoms with E-state index in [9.17, 15) is 4.79 Å². The van der Waals surface area contributed by atoms with Gasteiger partial charge in [-0.3, -0.25) is 4.79 Å². The first-order chi connectivity index (χ1) is 10.2. The molecule has 2 unspecified atom stereocenters. The van der Waals surface area contributed by atoms with E-state index in [0.29, 0.717) is 17.9 Å². The van der Waals surface area contributed by atoms with Gasteiger partial charge in [0.25, 0.3) is 0 Å². The third-order valence-electron chi connectivity index (χ3n) is 5.68. The lowest BCUT2D eigenvalue weighted by atomic mass is 9.84. The summed E-state index contributed by atoms with van der Waals surface area (Å²) in [7, 11) is 0. The smallest absolute Gasteiger partial charge is 0.225 e. The van der Waals surface area contributed by atoms with Gasteiger partial charge in [0.1, 0.15) is 0 Å². The maximum Gasteiger partial charge on any atom is 0.225 e. The lowest BCUT2D eigenvalue weighted by Crippen LogP contribution is -2.53. The number of nitrogens with one attached hydrogen (secondary N) is 1. The van der Waals surface area contributed by atoms with Crippen LogP contribution in [0.2, 0.25) is 0 Å². The Hall–Kier alpha value is -0.570. The molecule has 1 N–H and O–H groups in total. The summed E-state index contributed by atoms with van der Waals surface area (Å²) in [5, 5.41) is 3.75. The highest BCUT2D eigenvalue weighted by Gasteiger charge is 2.31. The molecule has 1 aliphatic carbocycles. The predicted molar refractivity (Wildman–Crippen MR) is 88.2 cm³/mol. The van der Waals surface area contributed by atoms with Crippen LogP contribution >= 0.6 is 0 Å². The molecule has 3 heteroatoms. The normalized spacial score (nSPS) is 27.0. The van der Waals surface area contributed by atoms with Gasteiger partial charge in [-0.15, -0.1) is 0 Å². The quantitative estimate of drug-likeness (QED) is 0.780. The highest BCUT2D eigenvalue weighted by atomic mass is 16.2. The molecule has 1 amide bonds. The van der Waals surface area contributed by atoms with E-state index in [-0.39, 0.29) is 5.92 Å². The van der Waals surface area contributed by atoms with Crippen LogP contribution in [0.1, 0.15) is 65.7 Å². The lowest BCUT2D eigenvalue weighted by molar-refractivity contribution is -0.138. The molecule has 1 aliphatic heterocycles. The number of hydrogen-bond acceptors (Lipinski definition) is 2. The average molecular weight is 294 g/mol. The van der Waals surface area contributed by atoms with Crippen molar-refractivity contribution in [2.24, 2.45) is 17.8 Å². The zero-order valence-electron chi connectivity index (χ0n) is 14.2. The van der Waals surface area contributed by atoms with Crippen molar-refractivity contribution in [3.63, 3.8) is 0 Å². The minimum absolute atomic E-state index is 0.230. The first-order valence-corrected chi connectivity index (χ1v) is 9.19. The zero-order chi connectivity index (χ0) is 15.2. The first-order valence-electron chi connectivity index (χ1n) is 9.19. The summed E-state index contributed by atoms with van der Waals surface area (Å²) in [6.45, 7) is 9.61. The van der Waals surface area contributed by atoms with Crippen molar-refractivity contribution in [2.75, 3.05) is 19.6 Å². The molecule has 0 aromatic carbocycles. The molecule has 2 fully saturated rings. The summed E-state index contributed by atoms with van der Waals surface area (Å²) in [6.07, 6.45) is 8.59. The molecule has 2 aliphatic rings. The fraction of sp³-hybridized carbons (Fsp3) is 0.944. The van der Waals surface area contributed by atoms with Gasteiger partial charge >= 0.3 is 0 Å². The van der Waals surface area contributed by atoms with Gasteiger partial charge in [-0.25, -0.2) is 0 Å². The Morgan fingerprint density at radius 1 is 1.14 bits per heavy atom. The number of carbonyl (C=O) groups excluding carboxylic acids is 1. The van der Waals surface area contributed by atoms with Gasteiger partial charge in [-0.2, -0.15) is 0 Å². The molecule has 0 spiro atoms. The van der Waals surface area contributed by atoms with E-state index in [1.807, 2.05) is 0 Å². The standard InChI is InChI=1S/C18H34N2O/c1-4-14-10-17(19-11-15-8-7-9-15)13-20(12-14)18(21)16(5-2)6-3/h14-17,19H,4-13H2,1-3H3. The third-order valence-corrected chi connectivity index (χ3v) is 5.68. The molecule has 2 rings (SSSR count). The van der Waals surface area contributed by atoms with Crippen LogP contribution in [0.4, 0.5) is 0 Å². The van der Waals surface area contributed by atoms with Crippen LogP contribution in [0.3, 0.4) is 0 Å². The van der Waals surface area contributed by atoms with Gasteiger partial charge in [0.05, 0.1) is 0 Å². The molecule has 0 bridgehead atoms. The van der Waals surface area contributed by atoms with Crippen molar-refractivity contribution in [2.45, 2.75) is 71.8 Å². The molecule has 0 aromatic heterocycles. The number of amides is 1. The van der Waals surface area contributed by atoms with Crippen molar-refractivity contribution in [1.82, 2.24) is 10.2 Å². The number of rotatable bonds is 7. The van der Waals surface area contributed by atoms with Crippen molar-refractivity contribution in [3.05, 3.63) is 0 Å². The van der Waals surface area contributed by atoms with Crippen molar-refractivity contribution in [3.8, 4) is 0 Å². The van der Waals surface area contributed by atoms with E-state index in [0.717, 1.165) is 38.4 Å². The van der Waals surface area contributed by atoms with Crippen molar-refractivity contribution in [1.29, 1.82) is 0 Å². The molecular formula is C18H34N2O. The number of nitrogens with zero attached hydrogens (tertiary/aromatic N) is 1. The van der Waals surface area contributed by atoms with Crippen LogP contribution in [-0.2, 0) is 4.79 Å². The summed E-state index contributed by atoms with van der Waals surface area (Å²) < 4.78 is 0. The Morgan fingerprint density at radius 3 is 2.38 bits per heavy atom. The summed E-state index contributed by atoms with van der Waals surface area (Å²) in [6, 6.07) is 0.516. The number of carbonyl (C=O) groups is 1. The molecule has 3 nitrogen and oxygen atoms in total. The van der Waals surface area contributed by atoms with Crippen molar-refractivity contribution >= 4 is 5.91 Å². The lowest BCUT2D eigenvalue weighted by Gasteiger charge is -2.40. The Kier molecular flexibility index (Phi) is 6.53. The number of piperidine rings is 1. The molecule has 21 heavy (non-hydrogen) atoms.